The summed E-state index contributed by atoms with van der Waals surface area (Å²) in [5, 5.41) is 5.47. The van der Waals surface area contributed by atoms with E-state index in [0.29, 0.717) is 28.6 Å². The van der Waals surface area contributed by atoms with Crippen LogP contribution in [0.3, 0.4) is 0 Å². The molecule has 10 heteroatoms. The summed E-state index contributed by atoms with van der Waals surface area (Å²) < 4.78 is 23.7. The molecule has 4 rings (SSSR count). The number of amides is 4. The van der Waals surface area contributed by atoms with Crippen molar-refractivity contribution in [3.63, 3.8) is 0 Å². The number of carbonyl (C=O) groups excluding carboxylic acids is 3. The average Bonchev–Trinajstić information content (AvgIpc) is 2.90. The third-order valence-electron chi connectivity index (χ3n) is 5.67. The van der Waals surface area contributed by atoms with E-state index in [1.807, 2.05) is 0 Å². The van der Waals surface area contributed by atoms with Gasteiger partial charge in [0.25, 0.3) is 0 Å². The van der Waals surface area contributed by atoms with Gasteiger partial charge in [0, 0.05) is 23.9 Å². The van der Waals surface area contributed by atoms with Crippen LogP contribution in [-0.2, 0) is 16.1 Å². The number of nitrogens with one attached hydrogen (secondary N) is 2. The first-order valence-electron chi connectivity index (χ1n) is 11.1. The van der Waals surface area contributed by atoms with Gasteiger partial charge in [-0.25, -0.2) is 9.18 Å². The molecule has 1 aliphatic heterocycles. The molecule has 4 amide bonds. The Kier molecular flexibility index (Phi) is 7.33. The number of rotatable bonds is 7. The van der Waals surface area contributed by atoms with Gasteiger partial charge in [-0.2, -0.15) is 0 Å². The maximum absolute atomic E-state index is 13.2. The highest BCUT2D eigenvalue weighted by molar-refractivity contribution is 6.15. The smallest absolute Gasteiger partial charge is 0.326 e. The van der Waals surface area contributed by atoms with Gasteiger partial charge >= 0.3 is 6.03 Å². The Morgan fingerprint density at radius 3 is 2.39 bits per heavy atom. The summed E-state index contributed by atoms with van der Waals surface area (Å²) in [4.78, 5) is 41.3. The van der Waals surface area contributed by atoms with E-state index < -0.39 is 17.8 Å². The van der Waals surface area contributed by atoms with Gasteiger partial charge in [-0.1, -0.05) is 12.1 Å². The minimum absolute atomic E-state index is 0.196. The molecule has 0 atom stereocenters. The quantitative estimate of drug-likeness (QED) is 0.526. The van der Waals surface area contributed by atoms with E-state index in [0.717, 1.165) is 5.56 Å². The Labute approximate surface area is 207 Å². The standard InChI is InChI=1S/C26H25FN4O5/c1-35-20-12-7-17(23(13-20)36-2)14-28-24(32)15-30-21-5-3-4-6-22(21)31(16-25(30)33)26(34)29-19-10-8-18(27)9-11-19/h3-13H,14-16H2,1-2H3,(H,28,32)(H,29,34). The van der Waals surface area contributed by atoms with Crippen LogP contribution in [0.15, 0.2) is 66.7 Å². The minimum atomic E-state index is -0.543. The maximum atomic E-state index is 13.2. The SMILES string of the molecule is COc1ccc(CNC(=O)CN2C(=O)CN(C(=O)Nc3ccc(F)cc3)c3ccccc32)c(OC)c1. The number of carbonyl (C=O) groups is 3. The van der Waals surface area contributed by atoms with Gasteiger partial charge in [-0.05, 0) is 48.5 Å². The van der Waals surface area contributed by atoms with Crippen molar-refractivity contribution < 1.29 is 28.2 Å². The van der Waals surface area contributed by atoms with E-state index in [4.69, 9.17) is 9.47 Å². The number of hydrogen-bond donors (Lipinski definition) is 2. The van der Waals surface area contributed by atoms with E-state index in [2.05, 4.69) is 10.6 Å². The molecule has 0 aromatic heterocycles. The molecule has 0 saturated carbocycles. The second-order valence-corrected chi connectivity index (χ2v) is 7.95. The zero-order chi connectivity index (χ0) is 25.7. The normalized spacial score (nSPS) is 12.6. The molecule has 2 N–H and O–H groups in total. The highest BCUT2D eigenvalue weighted by atomic mass is 19.1. The van der Waals surface area contributed by atoms with Gasteiger partial charge in [0.2, 0.25) is 11.8 Å². The molecule has 0 saturated heterocycles. The van der Waals surface area contributed by atoms with E-state index in [9.17, 15) is 18.8 Å². The zero-order valence-corrected chi connectivity index (χ0v) is 19.8. The molecule has 0 aliphatic carbocycles. The molecule has 186 valence electrons. The molecule has 3 aromatic rings. The molecular weight excluding hydrogens is 467 g/mol. The fraction of sp³-hybridized carbons (Fsp3) is 0.192. The van der Waals surface area contributed by atoms with Crippen molar-refractivity contribution in [2.24, 2.45) is 0 Å². The zero-order valence-electron chi connectivity index (χ0n) is 19.8. The van der Waals surface area contributed by atoms with Crippen LogP contribution in [0.2, 0.25) is 0 Å². The number of methoxy groups -OCH3 is 2. The number of urea groups is 1. The number of fused-ring (bicyclic) bond motifs is 1. The van der Waals surface area contributed by atoms with Crippen molar-refractivity contribution in [1.29, 1.82) is 0 Å². The highest BCUT2D eigenvalue weighted by Gasteiger charge is 2.33. The van der Waals surface area contributed by atoms with Crippen LogP contribution in [0, 0.1) is 5.82 Å². The lowest BCUT2D eigenvalue weighted by atomic mass is 10.1. The molecule has 0 radical (unpaired) electrons. The summed E-state index contributed by atoms with van der Waals surface area (Å²) in [6.45, 7) is -0.284. The van der Waals surface area contributed by atoms with Crippen LogP contribution < -0.4 is 29.9 Å². The second kappa shape index (κ2) is 10.8. The number of hydrogen-bond acceptors (Lipinski definition) is 5. The average molecular weight is 493 g/mol. The monoisotopic (exact) mass is 492 g/mol. The Morgan fingerprint density at radius 2 is 1.69 bits per heavy atom. The summed E-state index contributed by atoms with van der Waals surface area (Å²) in [6, 6.07) is 16.9. The number of halogens is 1. The predicted octanol–water partition coefficient (Wildman–Crippen LogP) is 3.54. The lowest BCUT2D eigenvalue weighted by Gasteiger charge is -2.35. The molecule has 0 spiro atoms. The molecule has 36 heavy (non-hydrogen) atoms. The van der Waals surface area contributed by atoms with Crippen molar-refractivity contribution >= 4 is 34.9 Å². The van der Waals surface area contributed by atoms with Crippen molar-refractivity contribution in [1.82, 2.24) is 5.32 Å². The van der Waals surface area contributed by atoms with Crippen molar-refractivity contribution in [3.05, 3.63) is 78.1 Å². The lowest BCUT2D eigenvalue weighted by Crippen LogP contribution is -2.52. The molecule has 1 heterocycles. The van der Waals surface area contributed by atoms with Gasteiger partial charge in [0.05, 0.1) is 25.6 Å². The van der Waals surface area contributed by atoms with Crippen LogP contribution >= 0.6 is 0 Å². The largest absolute Gasteiger partial charge is 0.497 e. The van der Waals surface area contributed by atoms with Crippen molar-refractivity contribution in [2.45, 2.75) is 6.54 Å². The molecule has 0 fully saturated rings. The number of ether oxygens (including phenoxy) is 2. The molecule has 0 bridgehead atoms. The summed E-state index contributed by atoms with van der Waals surface area (Å²) in [6.07, 6.45) is 0. The van der Waals surface area contributed by atoms with E-state index in [1.165, 1.54) is 41.2 Å². The lowest BCUT2D eigenvalue weighted by molar-refractivity contribution is -0.123. The second-order valence-electron chi connectivity index (χ2n) is 7.95. The number of para-hydroxylation sites is 2. The molecule has 1 aliphatic rings. The minimum Gasteiger partial charge on any atom is -0.497 e. The molecule has 0 unspecified atom stereocenters. The van der Waals surface area contributed by atoms with Crippen molar-refractivity contribution in [3.8, 4) is 11.5 Å². The Balaban J connectivity index is 1.46. The fourth-order valence-electron chi connectivity index (χ4n) is 3.83. The van der Waals surface area contributed by atoms with Gasteiger partial charge in [0.15, 0.2) is 0 Å². The van der Waals surface area contributed by atoms with Crippen LogP contribution in [0.25, 0.3) is 0 Å². The summed E-state index contributed by atoms with van der Waals surface area (Å²) in [5.74, 6) is -0.0199. The molecule has 9 nitrogen and oxygen atoms in total. The third kappa shape index (κ3) is 5.38. The maximum Gasteiger partial charge on any atom is 0.326 e. The summed E-state index contributed by atoms with van der Waals surface area (Å²) >= 11 is 0. The Bertz CT molecular complexity index is 1280. The first-order valence-corrected chi connectivity index (χ1v) is 11.1. The van der Waals surface area contributed by atoms with Crippen LogP contribution in [0.5, 0.6) is 11.5 Å². The summed E-state index contributed by atoms with van der Waals surface area (Å²) in [7, 11) is 3.08. The number of anilines is 3. The van der Waals surface area contributed by atoms with Gasteiger partial charge in [-0.15, -0.1) is 0 Å². The fourth-order valence-corrected chi connectivity index (χ4v) is 3.83. The number of nitrogens with zero attached hydrogens (tertiary/aromatic N) is 2. The van der Waals surface area contributed by atoms with Gasteiger partial charge in [0.1, 0.15) is 30.4 Å². The van der Waals surface area contributed by atoms with Crippen LogP contribution in [0.4, 0.5) is 26.2 Å². The van der Waals surface area contributed by atoms with E-state index >= 15 is 0 Å². The predicted molar refractivity (Wildman–Crippen MR) is 133 cm³/mol. The van der Waals surface area contributed by atoms with E-state index in [-0.39, 0.29) is 25.5 Å². The highest BCUT2D eigenvalue weighted by Crippen LogP contribution is 2.33. The van der Waals surface area contributed by atoms with Crippen LogP contribution in [-0.4, -0.2) is 45.2 Å². The first-order chi connectivity index (χ1) is 17.4. The van der Waals surface area contributed by atoms with Crippen molar-refractivity contribution in [2.75, 3.05) is 42.4 Å². The molecule has 3 aromatic carbocycles. The van der Waals surface area contributed by atoms with Gasteiger partial charge < -0.3 is 20.1 Å². The van der Waals surface area contributed by atoms with Gasteiger partial charge in [-0.3, -0.25) is 19.4 Å². The Morgan fingerprint density at radius 1 is 0.972 bits per heavy atom. The van der Waals surface area contributed by atoms with E-state index in [1.54, 1.807) is 49.6 Å². The Hall–Kier alpha value is -4.60. The first kappa shape index (κ1) is 24.5. The van der Waals surface area contributed by atoms with Crippen LogP contribution in [0.1, 0.15) is 5.56 Å². The third-order valence-corrected chi connectivity index (χ3v) is 5.67. The summed E-state index contributed by atoms with van der Waals surface area (Å²) in [5.41, 5.74) is 2.05. The molecular formula is C26H25FN4O5. The topological polar surface area (TPSA) is 100 Å². The number of benzene rings is 3.